The molecule has 0 saturated heterocycles. The Kier molecular flexibility index (Phi) is 6.65. The summed E-state index contributed by atoms with van der Waals surface area (Å²) in [5.74, 6) is 1.46. The van der Waals surface area contributed by atoms with Crippen LogP contribution in [0, 0.1) is 23.2 Å². The summed E-state index contributed by atoms with van der Waals surface area (Å²) in [7, 11) is 0. The molecule has 0 amide bonds. The minimum atomic E-state index is -0.655. The summed E-state index contributed by atoms with van der Waals surface area (Å²) in [5.41, 5.74) is 4.93. The molecule has 0 bridgehead atoms. The van der Waals surface area contributed by atoms with Crippen molar-refractivity contribution in [1.82, 2.24) is 0 Å². The van der Waals surface area contributed by atoms with Crippen molar-refractivity contribution in [1.29, 1.82) is 0 Å². The molecule has 150 valence electrons. The van der Waals surface area contributed by atoms with Crippen molar-refractivity contribution in [2.75, 3.05) is 0 Å². The number of carboxylic acid groups (broad SMARTS) is 1. The Morgan fingerprint density at radius 3 is 2.74 bits per heavy atom. The molecule has 0 aromatic carbocycles. The highest BCUT2D eigenvalue weighted by molar-refractivity contribution is 5.66. The van der Waals surface area contributed by atoms with Gasteiger partial charge in [-0.15, -0.1) is 0 Å². The molecule has 3 saturated carbocycles. The van der Waals surface area contributed by atoms with Gasteiger partial charge in [0.2, 0.25) is 0 Å². The fourth-order valence-electron chi connectivity index (χ4n) is 6.39. The van der Waals surface area contributed by atoms with Gasteiger partial charge in [-0.2, -0.15) is 0 Å². The van der Waals surface area contributed by atoms with Gasteiger partial charge in [-0.1, -0.05) is 43.7 Å². The van der Waals surface area contributed by atoms with Gasteiger partial charge in [0.15, 0.2) is 0 Å². The summed E-state index contributed by atoms with van der Waals surface area (Å²) in [6.45, 7) is 9.17. The van der Waals surface area contributed by atoms with Gasteiger partial charge in [-0.05, 0) is 99.4 Å². The molecule has 0 spiro atoms. The van der Waals surface area contributed by atoms with E-state index in [1.54, 1.807) is 5.57 Å². The molecule has 4 unspecified atom stereocenters. The Balaban J connectivity index is 1.69. The van der Waals surface area contributed by atoms with Crippen LogP contribution >= 0.6 is 0 Å². The van der Waals surface area contributed by atoms with E-state index in [4.69, 9.17) is 5.11 Å². The number of carbonyl (C=O) groups is 1. The highest BCUT2D eigenvalue weighted by Gasteiger charge is 2.50. The number of fused-ring (bicyclic) bond motifs is 1. The molecule has 3 fully saturated rings. The first-order valence-corrected chi connectivity index (χ1v) is 11.2. The zero-order chi connectivity index (χ0) is 19.4. The van der Waals surface area contributed by atoms with Crippen LogP contribution in [-0.2, 0) is 4.79 Å². The SMILES string of the molecule is C=C1CCCCC1=CC=C1CCCC2(C)C1CCC2C(C)CCCC(=O)O. The van der Waals surface area contributed by atoms with E-state index in [2.05, 4.69) is 32.6 Å². The maximum Gasteiger partial charge on any atom is 0.303 e. The maximum atomic E-state index is 10.8. The van der Waals surface area contributed by atoms with Gasteiger partial charge in [0.1, 0.15) is 0 Å². The van der Waals surface area contributed by atoms with Crippen molar-refractivity contribution < 1.29 is 9.90 Å². The minimum Gasteiger partial charge on any atom is -0.481 e. The average molecular weight is 371 g/mol. The number of rotatable bonds is 6. The van der Waals surface area contributed by atoms with Crippen LogP contribution in [0.3, 0.4) is 0 Å². The van der Waals surface area contributed by atoms with Gasteiger partial charge in [0.25, 0.3) is 0 Å². The van der Waals surface area contributed by atoms with Crippen molar-refractivity contribution in [2.24, 2.45) is 23.2 Å². The lowest BCUT2D eigenvalue weighted by Gasteiger charge is -2.44. The molecule has 0 aromatic rings. The number of hydrogen-bond donors (Lipinski definition) is 1. The monoisotopic (exact) mass is 370 g/mol. The highest BCUT2D eigenvalue weighted by Crippen LogP contribution is 2.59. The molecule has 3 aliphatic rings. The third kappa shape index (κ3) is 4.58. The van der Waals surface area contributed by atoms with Crippen LogP contribution in [0.15, 0.2) is 35.5 Å². The topological polar surface area (TPSA) is 37.3 Å². The molecule has 1 N–H and O–H groups in total. The van der Waals surface area contributed by atoms with Crippen molar-refractivity contribution in [3.8, 4) is 0 Å². The summed E-state index contributed by atoms with van der Waals surface area (Å²) >= 11 is 0. The summed E-state index contributed by atoms with van der Waals surface area (Å²) in [6, 6.07) is 0. The van der Waals surface area contributed by atoms with Gasteiger partial charge in [0, 0.05) is 6.42 Å². The minimum absolute atomic E-state index is 0.319. The van der Waals surface area contributed by atoms with Crippen LogP contribution in [0.25, 0.3) is 0 Å². The second kappa shape index (κ2) is 8.80. The first-order valence-electron chi connectivity index (χ1n) is 11.2. The van der Waals surface area contributed by atoms with E-state index in [1.165, 1.54) is 68.9 Å². The molecule has 0 aromatic heterocycles. The summed E-state index contributed by atoms with van der Waals surface area (Å²) in [5, 5.41) is 8.93. The summed E-state index contributed by atoms with van der Waals surface area (Å²) in [4.78, 5) is 10.8. The third-order valence-electron chi connectivity index (χ3n) is 7.90. The predicted molar refractivity (Wildman–Crippen MR) is 113 cm³/mol. The smallest absolute Gasteiger partial charge is 0.303 e. The molecule has 27 heavy (non-hydrogen) atoms. The van der Waals surface area contributed by atoms with Gasteiger partial charge < -0.3 is 5.11 Å². The lowest BCUT2D eigenvalue weighted by Crippen LogP contribution is -2.36. The largest absolute Gasteiger partial charge is 0.481 e. The van der Waals surface area contributed by atoms with E-state index in [0.29, 0.717) is 17.8 Å². The van der Waals surface area contributed by atoms with E-state index in [-0.39, 0.29) is 0 Å². The molecule has 3 aliphatic carbocycles. The van der Waals surface area contributed by atoms with E-state index < -0.39 is 5.97 Å². The van der Waals surface area contributed by atoms with Gasteiger partial charge in [-0.3, -0.25) is 4.79 Å². The third-order valence-corrected chi connectivity index (χ3v) is 7.90. The zero-order valence-electron chi connectivity index (χ0n) is 17.4. The van der Waals surface area contributed by atoms with E-state index in [0.717, 1.165) is 24.7 Å². The molecular formula is C25H38O2. The number of hydrogen-bond acceptors (Lipinski definition) is 1. The Morgan fingerprint density at radius 1 is 1.22 bits per heavy atom. The lowest BCUT2D eigenvalue weighted by molar-refractivity contribution is -0.137. The number of carboxylic acids is 1. The fraction of sp³-hybridized carbons (Fsp3) is 0.720. The van der Waals surface area contributed by atoms with E-state index in [1.807, 2.05) is 0 Å². The summed E-state index contributed by atoms with van der Waals surface area (Å²) < 4.78 is 0. The van der Waals surface area contributed by atoms with E-state index >= 15 is 0 Å². The quantitative estimate of drug-likeness (QED) is 0.542. The molecule has 2 heteroatoms. The van der Waals surface area contributed by atoms with Crippen molar-refractivity contribution in [3.05, 3.63) is 35.5 Å². The fourth-order valence-corrected chi connectivity index (χ4v) is 6.39. The Bertz CT molecular complexity index is 626. The lowest BCUT2D eigenvalue weighted by atomic mass is 9.60. The van der Waals surface area contributed by atoms with Crippen LogP contribution in [0.5, 0.6) is 0 Å². The second-order valence-corrected chi connectivity index (χ2v) is 9.60. The average Bonchev–Trinajstić information content (AvgIpc) is 2.98. The second-order valence-electron chi connectivity index (χ2n) is 9.60. The Hall–Kier alpha value is -1.31. The van der Waals surface area contributed by atoms with Gasteiger partial charge in [0.05, 0.1) is 0 Å². The predicted octanol–water partition coefficient (Wildman–Crippen LogP) is 7.08. The standard InChI is InChI=1S/C25H38O2/c1-18-8-4-5-10-20(18)13-14-21-11-7-17-25(3)22(15-16-23(21)25)19(2)9-6-12-24(26)27/h13-14,19,22-23H,1,4-12,15-17H2,2-3H3,(H,26,27). The molecule has 2 nitrogen and oxygen atoms in total. The van der Waals surface area contributed by atoms with Gasteiger partial charge in [-0.25, -0.2) is 0 Å². The first kappa shape index (κ1) is 20.4. The van der Waals surface area contributed by atoms with Crippen molar-refractivity contribution in [2.45, 2.75) is 90.9 Å². The highest BCUT2D eigenvalue weighted by atomic mass is 16.4. The van der Waals surface area contributed by atoms with Crippen LogP contribution < -0.4 is 0 Å². The van der Waals surface area contributed by atoms with Crippen molar-refractivity contribution in [3.63, 3.8) is 0 Å². The first-order chi connectivity index (χ1) is 12.9. The molecular weight excluding hydrogens is 332 g/mol. The molecule has 0 radical (unpaired) electrons. The van der Waals surface area contributed by atoms with Crippen molar-refractivity contribution >= 4 is 5.97 Å². The normalized spacial score (nSPS) is 35.4. The Morgan fingerprint density at radius 2 is 2.00 bits per heavy atom. The van der Waals surface area contributed by atoms with Crippen LogP contribution in [-0.4, -0.2) is 11.1 Å². The Labute approximate surface area is 165 Å². The zero-order valence-corrected chi connectivity index (χ0v) is 17.4. The molecule has 4 atom stereocenters. The van der Waals surface area contributed by atoms with Crippen LogP contribution in [0.2, 0.25) is 0 Å². The number of allylic oxidation sites excluding steroid dienone is 5. The van der Waals surface area contributed by atoms with Crippen LogP contribution in [0.4, 0.5) is 0 Å². The van der Waals surface area contributed by atoms with Gasteiger partial charge >= 0.3 is 5.97 Å². The molecule has 0 aliphatic heterocycles. The number of aliphatic carboxylic acids is 1. The summed E-state index contributed by atoms with van der Waals surface area (Å²) in [6.07, 6.45) is 18.6. The van der Waals surface area contributed by atoms with E-state index in [9.17, 15) is 4.79 Å². The molecule has 3 rings (SSSR count). The molecule has 0 heterocycles. The van der Waals surface area contributed by atoms with Crippen LogP contribution in [0.1, 0.15) is 90.9 Å². The maximum absolute atomic E-state index is 10.8.